The molecular weight excluding hydrogens is 296 g/mol. The van der Waals surface area contributed by atoms with E-state index in [-0.39, 0.29) is 12.5 Å². The number of amides is 1. The zero-order valence-corrected chi connectivity index (χ0v) is 13.7. The van der Waals surface area contributed by atoms with Crippen molar-refractivity contribution in [3.8, 4) is 0 Å². The zero-order valence-electron chi connectivity index (χ0n) is 13.7. The molecule has 3 rings (SSSR count). The number of carbonyl (C=O) groups is 1. The molecule has 8 nitrogen and oxygen atoms in total. The summed E-state index contributed by atoms with van der Waals surface area (Å²) in [5.74, 6) is 0.359. The molecule has 1 aliphatic heterocycles. The minimum absolute atomic E-state index is 0.100. The smallest absolute Gasteiger partial charge is 0.257 e. The van der Waals surface area contributed by atoms with Gasteiger partial charge in [-0.3, -0.25) is 9.48 Å². The summed E-state index contributed by atoms with van der Waals surface area (Å²) in [5, 5.41) is 25.2. The van der Waals surface area contributed by atoms with Gasteiger partial charge in [-0.1, -0.05) is 13.8 Å². The van der Waals surface area contributed by atoms with Crippen molar-refractivity contribution in [2.24, 2.45) is 5.92 Å². The topological polar surface area (TPSA) is 99.9 Å². The summed E-state index contributed by atoms with van der Waals surface area (Å²) in [7, 11) is 0. The first-order chi connectivity index (χ1) is 10.9. The number of likely N-dealkylation sites (tertiary alicyclic amines) is 1. The Morgan fingerprint density at radius 1 is 1.48 bits per heavy atom. The summed E-state index contributed by atoms with van der Waals surface area (Å²) in [5.41, 5.74) is 0.792. The van der Waals surface area contributed by atoms with Crippen molar-refractivity contribution < 1.29 is 9.90 Å². The first-order valence-electron chi connectivity index (χ1n) is 7.81. The van der Waals surface area contributed by atoms with Crippen LogP contribution in [0, 0.1) is 12.8 Å². The van der Waals surface area contributed by atoms with Gasteiger partial charge in [-0.25, -0.2) is 0 Å². The maximum absolute atomic E-state index is 12.7. The summed E-state index contributed by atoms with van der Waals surface area (Å²) in [4.78, 5) is 14.4. The molecule has 1 saturated heterocycles. The fraction of sp³-hybridized carbons (Fsp3) is 0.600. The van der Waals surface area contributed by atoms with Crippen LogP contribution in [-0.2, 0) is 12.1 Å². The lowest BCUT2D eigenvalue weighted by molar-refractivity contribution is 0.0382. The Kier molecular flexibility index (Phi) is 3.93. The van der Waals surface area contributed by atoms with Gasteiger partial charge in [-0.05, 0) is 12.8 Å². The van der Waals surface area contributed by atoms with E-state index in [1.165, 1.54) is 6.20 Å². The maximum Gasteiger partial charge on any atom is 0.257 e. The van der Waals surface area contributed by atoms with E-state index >= 15 is 0 Å². The molecule has 0 bridgehead atoms. The Morgan fingerprint density at radius 3 is 2.91 bits per heavy atom. The Bertz CT molecular complexity index is 693. The number of carbonyl (C=O) groups excluding carboxylic acids is 1. The van der Waals surface area contributed by atoms with Crippen molar-refractivity contribution in [1.29, 1.82) is 0 Å². The second-order valence-corrected chi connectivity index (χ2v) is 6.58. The molecular formula is C15H22N6O2. The molecule has 0 saturated carbocycles. The molecule has 0 spiro atoms. The molecule has 1 amide bonds. The molecule has 1 fully saturated rings. The van der Waals surface area contributed by atoms with Crippen molar-refractivity contribution in [2.75, 3.05) is 13.1 Å². The first-order valence-corrected chi connectivity index (χ1v) is 7.81. The van der Waals surface area contributed by atoms with E-state index in [0.29, 0.717) is 30.1 Å². The molecule has 8 heteroatoms. The first kappa shape index (κ1) is 15.7. The van der Waals surface area contributed by atoms with E-state index in [2.05, 4.69) is 34.4 Å². The Balaban J connectivity index is 1.76. The minimum atomic E-state index is -1.13. The van der Waals surface area contributed by atoms with E-state index in [4.69, 9.17) is 0 Å². The van der Waals surface area contributed by atoms with Crippen molar-refractivity contribution in [3.05, 3.63) is 29.3 Å². The van der Waals surface area contributed by atoms with E-state index in [0.717, 1.165) is 12.2 Å². The van der Waals surface area contributed by atoms with Gasteiger partial charge >= 0.3 is 0 Å². The summed E-state index contributed by atoms with van der Waals surface area (Å²) in [6.45, 7) is 7.61. The number of aromatic nitrogens is 5. The van der Waals surface area contributed by atoms with Gasteiger partial charge in [0.1, 0.15) is 11.3 Å². The molecule has 2 aromatic rings. The number of aliphatic hydroxyl groups is 1. The van der Waals surface area contributed by atoms with E-state index < -0.39 is 5.60 Å². The summed E-state index contributed by atoms with van der Waals surface area (Å²) >= 11 is 0. The molecule has 1 atom stereocenters. The molecule has 23 heavy (non-hydrogen) atoms. The summed E-state index contributed by atoms with van der Waals surface area (Å²) in [6.07, 6.45) is 3.57. The van der Waals surface area contributed by atoms with Crippen molar-refractivity contribution in [1.82, 2.24) is 30.1 Å². The van der Waals surface area contributed by atoms with Gasteiger partial charge in [0.2, 0.25) is 0 Å². The number of nitrogens with one attached hydrogen (secondary N) is 1. The van der Waals surface area contributed by atoms with Crippen molar-refractivity contribution in [2.45, 2.75) is 39.3 Å². The number of β-amino-alcohol motifs (C(OH)–C–C–N with tert-alkyl or cyclic N) is 1. The predicted octanol–water partition coefficient (Wildman–Crippen LogP) is 0.699. The number of aromatic amines is 1. The van der Waals surface area contributed by atoms with E-state index in [1.54, 1.807) is 11.1 Å². The van der Waals surface area contributed by atoms with Gasteiger partial charge in [0.05, 0.1) is 24.5 Å². The van der Waals surface area contributed by atoms with E-state index in [1.807, 2.05) is 11.6 Å². The lowest BCUT2D eigenvalue weighted by Crippen LogP contribution is -2.34. The molecule has 1 aliphatic rings. The fourth-order valence-corrected chi connectivity index (χ4v) is 2.96. The molecule has 2 N–H and O–H groups in total. The second kappa shape index (κ2) is 5.77. The molecule has 0 unspecified atom stereocenters. The van der Waals surface area contributed by atoms with Crippen LogP contribution < -0.4 is 0 Å². The highest BCUT2D eigenvalue weighted by Crippen LogP contribution is 2.31. The summed E-state index contributed by atoms with van der Waals surface area (Å²) < 4.78 is 1.86. The average molecular weight is 318 g/mol. The van der Waals surface area contributed by atoms with Gasteiger partial charge in [0.15, 0.2) is 0 Å². The van der Waals surface area contributed by atoms with Crippen LogP contribution in [0.25, 0.3) is 0 Å². The highest BCUT2D eigenvalue weighted by molar-refractivity contribution is 5.95. The van der Waals surface area contributed by atoms with Crippen LogP contribution in [0.1, 0.15) is 42.0 Å². The number of rotatable bonds is 4. The van der Waals surface area contributed by atoms with Crippen molar-refractivity contribution in [3.63, 3.8) is 0 Å². The Labute approximate surface area is 134 Å². The van der Waals surface area contributed by atoms with Crippen molar-refractivity contribution >= 4 is 5.91 Å². The lowest BCUT2D eigenvalue weighted by Gasteiger charge is -2.21. The third-order valence-corrected chi connectivity index (χ3v) is 4.30. The summed E-state index contributed by atoms with van der Waals surface area (Å²) in [6, 6.07) is 0. The molecule has 0 aliphatic carbocycles. The number of hydrogen-bond acceptors (Lipinski definition) is 5. The number of nitrogens with zero attached hydrogens (tertiary/aromatic N) is 5. The monoisotopic (exact) mass is 318 g/mol. The molecule has 0 aromatic carbocycles. The molecule has 2 aromatic heterocycles. The van der Waals surface area contributed by atoms with Crippen LogP contribution in [-0.4, -0.2) is 54.2 Å². The minimum Gasteiger partial charge on any atom is -0.381 e. The van der Waals surface area contributed by atoms with Crippen LogP contribution in [0.5, 0.6) is 0 Å². The van der Waals surface area contributed by atoms with Crippen LogP contribution in [0.15, 0.2) is 12.4 Å². The fourth-order valence-electron chi connectivity index (χ4n) is 2.96. The average Bonchev–Trinajstić information content (AvgIpc) is 3.20. The van der Waals surface area contributed by atoms with E-state index in [9.17, 15) is 9.90 Å². The Hall–Kier alpha value is -2.22. The Morgan fingerprint density at radius 2 is 2.26 bits per heavy atom. The molecule has 124 valence electrons. The van der Waals surface area contributed by atoms with Gasteiger partial charge in [0.25, 0.3) is 5.91 Å². The largest absolute Gasteiger partial charge is 0.381 e. The van der Waals surface area contributed by atoms with Gasteiger partial charge < -0.3 is 10.0 Å². The second-order valence-electron chi connectivity index (χ2n) is 6.58. The highest BCUT2D eigenvalue weighted by Gasteiger charge is 2.42. The van der Waals surface area contributed by atoms with Crippen LogP contribution in [0.4, 0.5) is 0 Å². The molecule has 3 heterocycles. The lowest BCUT2D eigenvalue weighted by atomic mass is 10.00. The highest BCUT2D eigenvalue weighted by atomic mass is 16.3. The van der Waals surface area contributed by atoms with Crippen LogP contribution in [0.3, 0.4) is 0 Å². The number of hydrogen-bond donors (Lipinski definition) is 2. The van der Waals surface area contributed by atoms with Gasteiger partial charge in [0, 0.05) is 25.2 Å². The predicted molar refractivity (Wildman–Crippen MR) is 82.6 cm³/mol. The SMILES string of the molecule is Cc1c(C(=O)N2CC[C@@](O)(c3cn[nH]n3)C2)cnn1CC(C)C. The standard InChI is InChI=1S/C15H22N6O2/c1-10(2)8-21-11(3)12(6-17-21)14(22)20-5-4-15(23,9-20)13-7-16-19-18-13/h6-7,10,23H,4-5,8-9H2,1-3H3,(H,16,18,19)/t15-/m0/s1. The zero-order chi connectivity index (χ0) is 16.6. The van der Waals surface area contributed by atoms with Crippen LogP contribution in [0.2, 0.25) is 0 Å². The van der Waals surface area contributed by atoms with Gasteiger partial charge in [-0.15, -0.1) is 0 Å². The quantitative estimate of drug-likeness (QED) is 0.864. The van der Waals surface area contributed by atoms with Gasteiger partial charge in [-0.2, -0.15) is 20.5 Å². The normalized spacial score (nSPS) is 21.3. The number of H-pyrrole nitrogens is 1. The molecule has 0 radical (unpaired) electrons. The maximum atomic E-state index is 12.7. The van der Waals surface area contributed by atoms with Crippen LogP contribution >= 0.6 is 0 Å². The third-order valence-electron chi connectivity index (χ3n) is 4.30. The third kappa shape index (κ3) is 2.86.